The van der Waals surface area contributed by atoms with Crippen molar-refractivity contribution in [3.8, 4) is 17.2 Å². The quantitative estimate of drug-likeness (QED) is 0.180. The van der Waals surface area contributed by atoms with E-state index in [0.717, 1.165) is 33.2 Å². The van der Waals surface area contributed by atoms with Gasteiger partial charge in [0.2, 0.25) is 5.95 Å². The van der Waals surface area contributed by atoms with Gasteiger partial charge >= 0.3 is 0 Å². The maximum atomic E-state index is 5.41. The second-order valence-electron chi connectivity index (χ2n) is 13.0. The van der Waals surface area contributed by atoms with Crippen molar-refractivity contribution in [2.75, 3.05) is 0 Å². The first-order valence-electron chi connectivity index (χ1n) is 16.8. The lowest BCUT2D eigenvalue weighted by Gasteiger charge is -2.13. The number of fused-ring (bicyclic) bond motifs is 13. The first-order valence-corrected chi connectivity index (χ1v) is 16.8. The average molecular weight is 622 g/mol. The number of aromatic nitrogens is 3. The van der Waals surface area contributed by atoms with E-state index in [1.165, 1.54) is 64.6 Å². The highest BCUT2D eigenvalue weighted by atomic mass is 15.2. The fraction of sp³-hybridized carbons (Fsp3) is 0. The molecule has 0 unspecified atom stereocenters. The smallest absolute Gasteiger partial charge is 0.235 e. The number of rotatable bonds is 2. The molecule has 0 saturated carbocycles. The monoisotopic (exact) mass is 621 g/mol. The molecule has 0 spiro atoms. The SMILES string of the molecule is c1ccc2c(c1)ccc1cc(-c3nc(-n4c5ccccc5c5c6ccc7ccc8ccccc8c7c6ccc54)nc4ccccc34)ccc12. The zero-order chi connectivity index (χ0) is 32.1. The molecule has 0 N–H and O–H groups in total. The molecule has 0 fully saturated rings. The van der Waals surface area contributed by atoms with Crippen LogP contribution in [0.4, 0.5) is 0 Å². The maximum absolute atomic E-state index is 5.41. The Kier molecular flexibility index (Phi) is 5.38. The number of hydrogen-bond acceptors (Lipinski definition) is 2. The van der Waals surface area contributed by atoms with Crippen molar-refractivity contribution in [2.24, 2.45) is 0 Å². The van der Waals surface area contributed by atoms with Crippen LogP contribution in [0.3, 0.4) is 0 Å². The van der Waals surface area contributed by atoms with Gasteiger partial charge in [-0.1, -0.05) is 140 Å². The van der Waals surface area contributed by atoms with E-state index in [2.05, 4.69) is 168 Å². The molecule has 0 radical (unpaired) electrons. The summed E-state index contributed by atoms with van der Waals surface area (Å²) in [7, 11) is 0. The molecular weight excluding hydrogens is 595 g/mol. The van der Waals surface area contributed by atoms with Crippen molar-refractivity contribution in [2.45, 2.75) is 0 Å². The molecule has 0 aliphatic rings. The fourth-order valence-corrected chi connectivity index (χ4v) is 8.14. The zero-order valence-electron chi connectivity index (χ0n) is 26.4. The Morgan fingerprint density at radius 2 is 0.939 bits per heavy atom. The first kappa shape index (κ1) is 26.5. The Bertz CT molecular complexity index is 3170. The highest BCUT2D eigenvalue weighted by Crippen LogP contribution is 2.41. The molecule has 0 aliphatic carbocycles. The van der Waals surface area contributed by atoms with Crippen molar-refractivity contribution in [1.29, 1.82) is 0 Å². The zero-order valence-corrected chi connectivity index (χ0v) is 26.4. The summed E-state index contributed by atoms with van der Waals surface area (Å²) < 4.78 is 2.25. The van der Waals surface area contributed by atoms with E-state index in [1.54, 1.807) is 0 Å². The van der Waals surface area contributed by atoms with Crippen molar-refractivity contribution in [3.05, 3.63) is 164 Å². The van der Waals surface area contributed by atoms with E-state index in [-0.39, 0.29) is 0 Å². The molecule has 0 saturated heterocycles. The van der Waals surface area contributed by atoms with Gasteiger partial charge in [0, 0.05) is 21.7 Å². The molecule has 0 atom stereocenters. The standard InChI is InChI=1S/C46H27N3/c1-3-11-33-28(9-1)18-20-31-27-32(22-23-34(31)33)45-38-13-5-7-15-40(38)47-46(48-45)49-41-16-8-6-14-39(41)44-37-24-21-30-19-17-29-10-2-4-12-35(29)43(30)36(37)25-26-42(44)49/h1-27H. The van der Waals surface area contributed by atoms with E-state index in [0.29, 0.717) is 5.95 Å². The van der Waals surface area contributed by atoms with E-state index in [9.17, 15) is 0 Å². The summed E-state index contributed by atoms with van der Waals surface area (Å²) in [4.78, 5) is 10.6. The van der Waals surface area contributed by atoms with Crippen LogP contribution in [-0.2, 0) is 0 Å². The molecule has 2 heterocycles. The van der Waals surface area contributed by atoms with Crippen LogP contribution in [0.2, 0.25) is 0 Å². The molecule has 11 rings (SSSR count). The Hall–Kier alpha value is -6.58. The largest absolute Gasteiger partial charge is 0.278 e. The van der Waals surface area contributed by atoms with Crippen molar-refractivity contribution in [3.63, 3.8) is 0 Å². The third-order valence-corrected chi connectivity index (χ3v) is 10.3. The van der Waals surface area contributed by atoms with E-state index < -0.39 is 0 Å². The van der Waals surface area contributed by atoms with Gasteiger partial charge in [0.05, 0.1) is 22.2 Å². The van der Waals surface area contributed by atoms with Crippen molar-refractivity contribution >= 4 is 86.6 Å². The van der Waals surface area contributed by atoms with Crippen LogP contribution < -0.4 is 0 Å². The first-order chi connectivity index (χ1) is 24.3. The molecule has 11 aromatic rings. The summed E-state index contributed by atoms with van der Waals surface area (Å²) in [6.07, 6.45) is 0. The minimum atomic E-state index is 0.670. The summed E-state index contributed by atoms with van der Waals surface area (Å²) in [5.41, 5.74) is 5.12. The highest BCUT2D eigenvalue weighted by molar-refractivity contribution is 6.29. The topological polar surface area (TPSA) is 30.7 Å². The molecule has 0 bridgehead atoms. The number of nitrogens with zero attached hydrogens (tertiary/aromatic N) is 3. The van der Waals surface area contributed by atoms with Crippen molar-refractivity contribution in [1.82, 2.24) is 14.5 Å². The van der Waals surface area contributed by atoms with E-state index in [1.807, 2.05) is 0 Å². The Morgan fingerprint density at radius 3 is 1.82 bits per heavy atom. The van der Waals surface area contributed by atoms with Crippen LogP contribution in [0.5, 0.6) is 0 Å². The average Bonchev–Trinajstić information content (AvgIpc) is 3.51. The van der Waals surface area contributed by atoms with Crippen molar-refractivity contribution < 1.29 is 0 Å². The normalized spacial score (nSPS) is 12.1. The molecule has 3 heteroatoms. The highest BCUT2D eigenvalue weighted by Gasteiger charge is 2.20. The van der Waals surface area contributed by atoms with Gasteiger partial charge in [-0.3, -0.25) is 4.57 Å². The van der Waals surface area contributed by atoms with Gasteiger partial charge in [-0.05, 0) is 78.1 Å². The molecular formula is C46H27N3. The van der Waals surface area contributed by atoms with Crippen LogP contribution >= 0.6 is 0 Å². The maximum Gasteiger partial charge on any atom is 0.235 e. The minimum Gasteiger partial charge on any atom is -0.278 e. The number of hydrogen-bond donors (Lipinski definition) is 0. The second-order valence-corrected chi connectivity index (χ2v) is 13.0. The van der Waals surface area contributed by atoms with Crippen LogP contribution in [0.1, 0.15) is 0 Å². The predicted octanol–water partition coefficient (Wildman–Crippen LogP) is 12.2. The molecule has 2 aromatic heterocycles. The van der Waals surface area contributed by atoms with Gasteiger partial charge in [0.15, 0.2) is 0 Å². The summed E-state index contributed by atoms with van der Waals surface area (Å²) in [5.74, 6) is 0.670. The third-order valence-electron chi connectivity index (χ3n) is 10.3. The Labute approximate surface area is 281 Å². The van der Waals surface area contributed by atoms with Crippen LogP contribution in [0.15, 0.2) is 164 Å². The summed E-state index contributed by atoms with van der Waals surface area (Å²) in [6, 6.07) is 59.0. The van der Waals surface area contributed by atoms with E-state index in [4.69, 9.17) is 9.97 Å². The summed E-state index contributed by atoms with van der Waals surface area (Å²) in [6.45, 7) is 0. The van der Waals surface area contributed by atoms with Crippen LogP contribution in [-0.4, -0.2) is 14.5 Å². The van der Waals surface area contributed by atoms with Gasteiger partial charge < -0.3 is 0 Å². The van der Waals surface area contributed by atoms with Gasteiger partial charge in [0.25, 0.3) is 0 Å². The van der Waals surface area contributed by atoms with Gasteiger partial charge in [-0.15, -0.1) is 0 Å². The predicted molar refractivity (Wildman–Crippen MR) is 207 cm³/mol. The molecule has 49 heavy (non-hydrogen) atoms. The van der Waals surface area contributed by atoms with Gasteiger partial charge in [-0.2, -0.15) is 0 Å². The summed E-state index contributed by atoms with van der Waals surface area (Å²) in [5, 5.41) is 16.0. The Morgan fingerprint density at radius 1 is 0.347 bits per heavy atom. The fourth-order valence-electron chi connectivity index (χ4n) is 8.14. The minimum absolute atomic E-state index is 0.670. The second kappa shape index (κ2) is 9.96. The number of para-hydroxylation sites is 2. The van der Waals surface area contributed by atoms with Gasteiger partial charge in [0.1, 0.15) is 0 Å². The lowest BCUT2D eigenvalue weighted by atomic mass is 9.94. The van der Waals surface area contributed by atoms with Gasteiger partial charge in [-0.25, -0.2) is 9.97 Å². The van der Waals surface area contributed by atoms with Crippen LogP contribution in [0, 0.1) is 0 Å². The summed E-state index contributed by atoms with van der Waals surface area (Å²) >= 11 is 0. The lowest BCUT2D eigenvalue weighted by molar-refractivity contribution is 1.01. The van der Waals surface area contributed by atoms with E-state index >= 15 is 0 Å². The molecule has 226 valence electrons. The Balaban J connectivity index is 1.21. The lowest BCUT2D eigenvalue weighted by Crippen LogP contribution is -2.03. The third kappa shape index (κ3) is 3.78. The molecule has 0 amide bonds. The molecule has 0 aliphatic heterocycles. The molecule has 3 nitrogen and oxygen atoms in total. The van der Waals surface area contributed by atoms with Crippen LogP contribution in [0.25, 0.3) is 104 Å². The molecule has 9 aromatic carbocycles. The number of benzene rings is 9.